The minimum atomic E-state index is -0.658. The molecule has 4 amide bonds. The van der Waals surface area contributed by atoms with Gasteiger partial charge in [-0.3, -0.25) is 9.59 Å². The molecule has 2 N–H and O–H groups in total. The number of hydrogen-bond acceptors (Lipinski definition) is 6. The van der Waals surface area contributed by atoms with E-state index in [1.54, 1.807) is 44.6 Å². The number of amides is 4. The Labute approximate surface area is 191 Å². The van der Waals surface area contributed by atoms with Gasteiger partial charge in [-0.05, 0) is 37.1 Å². The second-order valence-corrected chi connectivity index (χ2v) is 7.75. The molecule has 0 spiro atoms. The molecule has 0 bridgehead atoms. The number of anilines is 2. The first kappa shape index (κ1) is 22.2. The van der Waals surface area contributed by atoms with Crippen LogP contribution in [0.3, 0.4) is 0 Å². The van der Waals surface area contributed by atoms with E-state index in [1.807, 2.05) is 12.1 Å². The maximum atomic E-state index is 12.9. The van der Waals surface area contributed by atoms with Gasteiger partial charge < -0.3 is 25.0 Å². The van der Waals surface area contributed by atoms with E-state index in [1.165, 1.54) is 6.08 Å². The Hall–Kier alpha value is -4.01. The zero-order valence-electron chi connectivity index (χ0n) is 18.6. The predicted molar refractivity (Wildman–Crippen MR) is 124 cm³/mol. The Morgan fingerprint density at radius 1 is 1.06 bits per heavy atom. The van der Waals surface area contributed by atoms with Crippen molar-refractivity contribution in [2.45, 2.75) is 12.8 Å². The van der Waals surface area contributed by atoms with Crippen molar-refractivity contribution in [3.8, 4) is 11.5 Å². The number of methoxy groups -OCH3 is 2. The second kappa shape index (κ2) is 9.64. The number of hydrogen-bond donors (Lipinski definition) is 2. The maximum absolute atomic E-state index is 12.9. The number of para-hydroxylation sites is 1. The molecule has 2 aliphatic heterocycles. The van der Waals surface area contributed by atoms with E-state index in [-0.39, 0.29) is 5.70 Å². The van der Waals surface area contributed by atoms with Crippen LogP contribution in [0.4, 0.5) is 16.2 Å². The summed E-state index contributed by atoms with van der Waals surface area (Å²) in [5.74, 6) is 0.140. The van der Waals surface area contributed by atoms with Crippen LogP contribution in [-0.2, 0) is 9.59 Å². The molecule has 0 saturated carbocycles. The second-order valence-electron chi connectivity index (χ2n) is 7.75. The summed E-state index contributed by atoms with van der Waals surface area (Å²) >= 11 is 0. The summed E-state index contributed by atoms with van der Waals surface area (Å²) in [5, 5.41) is 5.21. The third kappa shape index (κ3) is 4.77. The molecule has 2 fully saturated rings. The Morgan fingerprint density at radius 2 is 1.76 bits per heavy atom. The smallest absolute Gasteiger partial charge is 0.329 e. The molecule has 9 nitrogen and oxygen atoms in total. The van der Waals surface area contributed by atoms with Gasteiger partial charge in [0, 0.05) is 30.4 Å². The summed E-state index contributed by atoms with van der Waals surface area (Å²) in [4.78, 5) is 40.7. The highest BCUT2D eigenvalue weighted by atomic mass is 16.5. The third-order valence-electron chi connectivity index (χ3n) is 5.60. The lowest BCUT2D eigenvalue weighted by atomic mass is 10.1. The fourth-order valence-corrected chi connectivity index (χ4v) is 3.96. The number of nitrogens with one attached hydrogen (secondary N) is 2. The number of benzene rings is 2. The van der Waals surface area contributed by atoms with E-state index >= 15 is 0 Å². The predicted octanol–water partition coefficient (Wildman–Crippen LogP) is 2.84. The lowest BCUT2D eigenvalue weighted by Crippen LogP contribution is -2.38. The van der Waals surface area contributed by atoms with Crippen LogP contribution in [0.2, 0.25) is 0 Å². The zero-order chi connectivity index (χ0) is 23.4. The van der Waals surface area contributed by atoms with Crippen LogP contribution >= 0.6 is 0 Å². The molecule has 2 aromatic rings. The van der Waals surface area contributed by atoms with Gasteiger partial charge >= 0.3 is 6.03 Å². The highest BCUT2D eigenvalue weighted by Gasteiger charge is 2.35. The highest BCUT2D eigenvalue weighted by Crippen LogP contribution is 2.38. The van der Waals surface area contributed by atoms with Gasteiger partial charge in [-0.25, -0.2) is 9.69 Å². The third-order valence-corrected chi connectivity index (χ3v) is 5.60. The first-order valence-electron chi connectivity index (χ1n) is 10.7. The molecule has 4 rings (SSSR count). The summed E-state index contributed by atoms with van der Waals surface area (Å²) in [6.07, 6.45) is 3.77. The van der Waals surface area contributed by atoms with Gasteiger partial charge in [0.2, 0.25) is 5.91 Å². The molecule has 172 valence electrons. The lowest BCUT2D eigenvalue weighted by molar-refractivity contribution is -0.127. The number of imide groups is 1. The van der Waals surface area contributed by atoms with Crippen LogP contribution in [0.5, 0.6) is 11.5 Å². The van der Waals surface area contributed by atoms with Crippen molar-refractivity contribution in [3.63, 3.8) is 0 Å². The quantitative estimate of drug-likeness (QED) is 0.497. The fraction of sp³-hybridized carbons (Fsp3) is 0.292. The molecule has 0 aromatic heterocycles. The molecule has 0 unspecified atom stereocenters. The normalized spacial score (nSPS) is 16.8. The Bertz CT molecular complexity index is 1090. The average Bonchev–Trinajstić information content (AvgIpc) is 3.44. The van der Waals surface area contributed by atoms with Crippen LogP contribution in [0.1, 0.15) is 18.4 Å². The Morgan fingerprint density at radius 3 is 2.42 bits per heavy atom. The molecule has 2 aliphatic rings. The van der Waals surface area contributed by atoms with Gasteiger partial charge in [0.25, 0.3) is 5.91 Å². The summed E-state index contributed by atoms with van der Waals surface area (Å²) in [6.45, 7) is 1.48. The highest BCUT2D eigenvalue weighted by molar-refractivity contribution is 6.16. The van der Waals surface area contributed by atoms with Crippen LogP contribution in [0, 0.1) is 0 Å². The standard InChI is InChI=1S/C24H26N4O5/c1-32-20-14-19(27-10-6-7-11-27)21(33-2)13-16(20)12-18-23(30)28(24(31)26-18)15-22(29)25-17-8-4-3-5-9-17/h3-5,8-9,12-14H,6-7,10-11,15H2,1-2H3,(H,25,29)(H,26,31)/b18-12-. The van der Waals surface area contributed by atoms with Gasteiger partial charge in [0.1, 0.15) is 23.7 Å². The molecule has 33 heavy (non-hydrogen) atoms. The molecule has 0 aliphatic carbocycles. The van der Waals surface area contributed by atoms with Crippen molar-refractivity contribution < 1.29 is 23.9 Å². The van der Waals surface area contributed by atoms with Gasteiger partial charge in [-0.15, -0.1) is 0 Å². The molecule has 0 atom stereocenters. The van der Waals surface area contributed by atoms with Crippen molar-refractivity contribution in [2.24, 2.45) is 0 Å². The van der Waals surface area contributed by atoms with Crippen molar-refractivity contribution >= 4 is 35.3 Å². The Balaban J connectivity index is 1.54. The Kier molecular flexibility index (Phi) is 6.48. The molecular weight excluding hydrogens is 424 g/mol. The minimum Gasteiger partial charge on any atom is -0.496 e. The number of ether oxygens (including phenoxy) is 2. The SMILES string of the molecule is COc1cc(N2CCCC2)c(OC)cc1/C=C1\NC(=O)N(CC(=O)Nc2ccccc2)C1=O. The van der Waals surface area contributed by atoms with E-state index in [4.69, 9.17) is 9.47 Å². The number of carbonyl (C=O) groups is 3. The van der Waals surface area contributed by atoms with Crippen LogP contribution < -0.4 is 25.0 Å². The monoisotopic (exact) mass is 450 g/mol. The molecule has 2 aromatic carbocycles. The number of carbonyl (C=O) groups excluding carboxylic acids is 3. The van der Waals surface area contributed by atoms with Crippen LogP contribution in [-0.4, -0.2) is 56.6 Å². The fourth-order valence-electron chi connectivity index (χ4n) is 3.96. The molecule has 2 heterocycles. The minimum absolute atomic E-state index is 0.0572. The van der Waals surface area contributed by atoms with Gasteiger partial charge in [0.05, 0.1) is 19.9 Å². The first-order chi connectivity index (χ1) is 16.0. The van der Waals surface area contributed by atoms with Crippen molar-refractivity contribution in [3.05, 3.63) is 53.7 Å². The zero-order valence-corrected chi connectivity index (χ0v) is 18.6. The van der Waals surface area contributed by atoms with Crippen LogP contribution in [0.15, 0.2) is 48.2 Å². The van der Waals surface area contributed by atoms with E-state index < -0.39 is 24.4 Å². The van der Waals surface area contributed by atoms with E-state index in [0.717, 1.165) is 36.5 Å². The maximum Gasteiger partial charge on any atom is 0.329 e. The van der Waals surface area contributed by atoms with E-state index in [9.17, 15) is 14.4 Å². The molecule has 2 saturated heterocycles. The van der Waals surface area contributed by atoms with E-state index in [0.29, 0.717) is 22.7 Å². The van der Waals surface area contributed by atoms with Crippen molar-refractivity contribution in [2.75, 3.05) is 44.1 Å². The van der Waals surface area contributed by atoms with Crippen molar-refractivity contribution in [1.29, 1.82) is 0 Å². The van der Waals surface area contributed by atoms with Gasteiger partial charge in [0.15, 0.2) is 0 Å². The lowest BCUT2D eigenvalue weighted by Gasteiger charge is -2.22. The van der Waals surface area contributed by atoms with Crippen LogP contribution in [0.25, 0.3) is 6.08 Å². The number of urea groups is 1. The summed E-state index contributed by atoms with van der Waals surface area (Å²) in [6, 6.07) is 11.8. The average molecular weight is 450 g/mol. The van der Waals surface area contributed by atoms with Gasteiger partial charge in [-0.2, -0.15) is 0 Å². The van der Waals surface area contributed by atoms with Gasteiger partial charge in [-0.1, -0.05) is 18.2 Å². The molecule has 0 radical (unpaired) electrons. The number of nitrogens with zero attached hydrogens (tertiary/aromatic N) is 2. The topological polar surface area (TPSA) is 100 Å². The summed E-state index contributed by atoms with van der Waals surface area (Å²) in [5.41, 5.74) is 2.15. The molecular formula is C24H26N4O5. The van der Waals surface area contributed by atoms with Crippen molar-refractivity contribution in [1.82, 2.24) is 10.2 Å². The molecule has 9 heteroatoms. The summed E-state index contributed by atoms with van der Waals surface area (Å²) in [7, 11) is 3.14. The number of rotatable bonds is 7. The first-order valence-corrected chi connectivity index (χ1v) is 10.7. The van der Waals surface area contributed by atoms with E-state index in [2.05, 4.69) is 15.5 Å². The largest absolute Gasteiger partial charge is 0.496 e. The summed E-state index contributed by atoms with van der Waals surface area (Å²) < 4.78 is 11.1.